The highest BCUT2D eigenvalue weighted by molar-refractivity contribution is 5.82. The lowest BCUT2D eigenvalue weighted by Gasteiger charge is -2.24. The first-order valence-electron chi connectivity index (χ1n) is 5.76. The van der Waals surface area contributed by atoms with Crippen LogP contribution < -0.4 is 10.6 Å². The van der Waals surface area contributed by atoms with E-state index in [9.17, 15) is 4.79 Å². The molecule has 2 N–H and O–H groups in total. The van der Waals surface area contributed by atoms with Crippen molar-refractivity contribution in [3.63, 3.8) is 0 Å². The minimum absolute atomic E-state index is 0.0174. The van der Waals surface area contributed by atoms with Crippen molar-refractivity contribution in [2.45, 2.75) is 44.7 Å². The van der Waals surface area contributed by atoms with Gasteiger partial charge >= 0.3 is 0 Å². The molecule has 1 rings (SSSR count). The Labute approximate surface area is 91.8 Å². The summed E-state index contributed by atoms with van der Waals surface area (Å²) in [6, 6.07) is 0.213. The van der Waals surface area contributed by atoms with Crippen LogP contribution >= 0.6 is 0 Å². The zero-order valence-electron chi connectivity index (χ0n) is 9.71. The van der Waals surface area contributed by atoms with Gasteiger partial charge in [-0.05, 0) is 32.7 Å². The fraction of sp³-hybridized carbons (Fsp3) is 0.909. The maximum Gasteiger partial charge on any atom is 0.237 e. The molecule has 1 amide bonds. The molecule has 1 fully saturated rings. The van der Waals surface area contributed by atoms with E-state index in [0.29, 0.717) is 6.61 Å². The Bertz CT molecular complexity index is 191. The van der Waals surface area contributed by atoms with Gasteiger partial charge in [0.25, 0.3) is 0 Å². The molecule has 0 bridgehead atoms. The van der Waals surface area contributed by atoms with E-state index in [-0.39, 0.29) is 18.0 Å². The second-order valence-electron chi connectivity index (χ2n) is 4.19. The van der Waals surface area contributed by atoms with E-state index >= 15 is 0 Å². The highest BCUT2D eigenvalue weighted by atomic mass is 16.5. The molecular weight excluding hydrogens is 192 g/mol. The van der Waals surface area contributed by atoms with Crippen molar-refractivity contribution in [1.82, 2.24) is 10.6 Å². The number of carbonyl (C=O) groups is 1. The fourth-order valence-electron chi connectivity index (χ4n) is 1.79. The van der Waals surface area contributed by atoms with Crippen LogP contribution in [-0.4, -0.2) is 38.3 Å². The van der Waals surface area contributed by atoms with Gasteiger partial charge in [-0.1, -0.05) is 6.42 Å². The van der Waals surface area contributed by atoms with Gasteiger partial charge in [-0.25, -0.2) is 0 Å². The molecule has 1 saturated heterocycles. The largest absolute Gasteiger partial charge is 0.385 e. The third kappa shape index (κ3) is 4.62. The van der Waals surface area contributed by atoms with Crippen molar-refractivity contribution in [3.05, 3.63) is 0 Å². The van der Waals surface area contributed by atoms with Crippen LogP contribution in [0.5, 0.6) is 0 Å². The number of hydrogen-bond acceptors (Lipinski definition) is 3. The van der Waals surface area contributed by atoms with Crippen molar-refractivity contribution in [2.24, 2.45) is 0 Å². The first-order valence-corrected chi connectivity index (χ1v) is 5.76. The van der Waals surface area contributed by atoms with E-state index in [1.54, 1.807) is 7.11 Å². The van der Waals surface area contributed by atoms with Gasteiger partial charge in [0.2, 0.25) is 5.91 Å². The minimum atomic E-state index is 0.0174. The monoisotopic (exact) mass is 214 g/mol. The molecule has 88 valence electrons. The zero-order valence-corrected chi connectivity index (χ0v) is 9.71. The molecule has 0 radical (unpaired) electrons. The quantitative estimate of drug-likeness (QED) is 0.707. The maximum absolute atomic E-state index is 11.8. The minimum Gasteiger partial charge on any atom is -0.385 e. The summed E-state index contributed by atoms with van der Waals surface area (Å²) in [7, 11) is 1.68. The summed E-state index contributed by atoms with van der Waals surface area (Å²) in [6.45, 7) is 3.67. The lowest BCUT2D eigenvalue weighted by molar-refractivity contribution is -0.124. The van der Waals surface area contributed by atoms with Crippen molar-refractivity contribution in [3.8, 4) is 0 Å². The number of rotatable bonds is 5. The Hall–Kier alpha value is -0.610. The molecule has 0 aliphatic carbocycles. The van der Waals surface area contributed by atoms with Crippen molar-refractivity contribution >= 4 is 5.91 Å². The fourth-order valence-corrected chi connectivity index (χ4v) is 1.79. The molecule has 0 aromatic heterocycles. The Balaban J connectivity index is 2.21. The molecule has 4 nitrogen and oxygen atoms in total. The molecule has 1 aliphatic rings. The van der Waals surface area contributed by atoms with Crippen molar-refractivity contribution in [2.75, 3.05) is 20.3 Å². The molecule has 0 spiro atoms. The predicted octanol–water partition coefficient (Wildman–Crippen LogP) is 0.670. The van der Waals surface area contributed by atoms with Crippen molar-refractivity contribution < 1.29 is 9.53 Å². The average molecular weight is 214 g/mol. The lowest BCUT2D eigenvalue weighted by Crippen LogP contribution is -2.49. The zero-order chi connectivity index (χ0) is 11.1. The van der Waals surface area contributed by atoms with E-state index in [4.69, 9.17) is 4.74 Å². The number of ether oxygens (including phenoxy) is 1. The molecule has 4 heteroatoms. The van der Waals surface area contributed by atoms with Crippen LogP contribution in [-0.2, 0) is 9.53 Å². The number of methoxy groups -OCH3 is 1. The van der Waals surface area contributed by atoms with Gasteiger partial charge in [0, 0.05) is 19.8 Å². The molecule has 1 heterocycles. The van der Waals surface area contributed by atoms with Crippen LogP contribution in [0, 0.1) is 0 Å². The van der Waals surface area contributed by atoms with Gasteiger partial charge in [-0.3, -0.25) is 4.79 Å². The topological polar surface area (TPSA) is 50.4 Å². The van der Waals surface area contributed by atoms with Gasteiger partial charge in [0.1, 0.15) is 0 Å². The lowest BCUT2D eigenvalue weighted by atomic mass is 10.0. The van der Waals surface area contributed by atoms with Gasteiger partial charge in [-0.2, -0.15) is 0 Å². The van der Waals surface area contributed by atoms with Gasteiger partial charge in [0.05, 0.1) is 6.04 Å². The smallest absolute Gasteiger partial charge is 0.237 e. The third-order valence-electron chi connectivity index (χ3n) is 2.77. The normalized spacial score (nSPS) is 23.5. The summed E-state index contributed by atoms with van der Waals surface area (Å²) >= 11 is 0. The number of piperidine rings is 1. The van der Waals surface area contributed by atoms with Gasteiger partial charge < -0.3 is 15.4 Å². The highest BCUT2D eigenvalue weighted by Crippen LogP contribution is 2.07. The third-order valence-corrected chi connectivity index (χ3v) is 2.77. The average Bonchev–Trinajstić information content (AvgIpc) is 2.27. The van der Waals surface area contributed by atoms with Crippen molar-refractivity contribution in [1.29, 1.82) is 0 Å². The Morgan fingerprint density at radius 3 is 3.00 bits per heavy atom. The second-order valence-corrected chi connectivity index (χ2v) is 4.19. The molecule has 2 unspecified atom stereocenters. The molecular formula is C11H22N2O2. The summed E-state index contributed by atoms with van der Waals surface area (Å²) in [5.41, 5.74) is 0. The highest BCUT2D eigenvalue weighted by Gasteiger charge is 2.21. The molecule has 1 aliphatic heterocycles. The number of amides is 1. The maximum atomic E-state index is 11.8. The number of carbonyl (C=O) groups excluding carboxylic acids is 1. The Kier molecular flexibility index (Phi) is 5.65. The Morgan fingerprint density at radius 1 is 1.60 bits per heavy atom. The Morgan fingerprint density at radius 2 is 2.40 bits per heavy atom. The van der Waals surface area contributed by atoms with Crippen LogP contribution in [0.3, 0.4) is 0 Å². The molecule has 0 saturated carbocycles. The van der Waals surface area contributed by atoms with E-state index in [1.807, 2.05) is 6.92 Å². The van der Waals surface area contributed by atoms with Crippen LogP contribution in [0.4, 0.5) is 0 Å². The summed E-state index contributed by atoms with van der Waals surface area (Å²) in [6.07, 6.45) is 4.17. The number of nitrogens with one attached hydrogen (secondary N) is 2. The molecule has 15 heavy (non-hydrogen) atoms. The van der Waals surface area contributed by atoms with Gasteiger partial charge in [0.15, 0.2) is 0 Å². The molecule has 0 aromatic carbocycles. The SMILES string of the molecule is COCCC(C)NC(=O)C1CCCCN1. The first-order chi connectivity index (χ1) is 7.24. The van der Waals surface area contributed by atoms with Crippen LogP contribution in [0.1, 0.15) is 32.6 Å². The molecule has 2 atom stereocenters. The predicted molar refractivity (Wildman–Crippen MR) is 59.7 cm³/mol. The summed E-state index contributed by atoms with van der Waals surface area (Å²) in [5.74, 6) is 0.137. The van der Waals surface area contributed by atoms with Crippen LogP contribution in [0.2, 0.25) is 0 Å². The van der Waals surface area contributed by atoms with E-state index in [2.05, 4.69) is 10.6 Å². The number of hydrogen-bond donors (Lipinski definition) is 2. The van der Waals surface area contributed by atoms with E-state index < -0.39 is 0 Å². The first kappa shape index (κ1) is 12.5. The van der Waals surface area contributed by atoms with Crippen LogP contribution in [0.25, 0.3) is 0 Å². The van der Waals surface area contributed by atoms with E-state index in [0.717, 1.165) is 25.8 Å². The van der Waals surface area contributed by atoms with Crippen LogP contribution in [0.15, 0.2) is 0 Å². The summed E-state index contributed by atoms with van der Waals surface area (Å²) in [4.78, 5) is 11.8. The standard InChI is InChI=1S/C11H22N2O2/c1-9(6-8-15-2)13-11(14)10-5-3-4-7-12-10/h9-10,12H,3-8H2,1-2H3,(H,13,14). The summed E-state index contributed by atoms with van der Waals surface area (Å²) < 4.78 is 4.97. The van der Waals surface area contributed by atoms with Gasteiger partial charge in [-0.15, -0.1) is 0 Å². The second kappa shape index (κ2) is 6.80. The molecule has 0 aromatic rings. The summed E-state index contributed by atoms with van der Waals surface area (Å²) in [5, 5.41) is 6.24. The van der Waals surface area contributed by atoms with E-state index in [1.165, 1.54) is 6.42 Å².